The van der Waals surface area contributed by atoms with E-state index in [-0.39, 0.29) is 17.7 Å². The molecule has 0 bridgehead atoms. The number of likely N-dealkylation sites (tertiary alicyclic amines) is 1. The van der Waals surface area contributed by atoms with E-state index in [4.69, 9.17) is 5.73 Å². The summed E-state index contributed by atoms with van der Waals surface area (Å²) in [4.78, 5) is 29.9. The molecule has 3 rings (SSSR count). The summed E-state index contributed by atoms with van der Waals surface area (Å²) in [6.45, 7) is 5.53. The maximum absolute atomic E-state index is 12.5. The van der Waals surface area contributed by atoms with Crippen molar-refractivity contribution in [1.82, 2.24) is 14.5 Å². The maximum Gasteiger partial charge on any atom is 0.233 e. The largest absolute Gasteiger partial charge is 0.369 e. The van der Waals surface area contributed by atoms with Crippen LogP contribution in [-0.2, 0) is 9.59 Å². The van der Waals surface area contributed by atoms with Crippen LogP contribution in [0.25, 0.3) is 5.69 Å². The molecule has 1 saturated heterocycles. The molecule has 1 aliphatic rings. The van der Waals surface area contributed by atoms with E-state index >= 15 is 0 Å². The Morgan fingerprint density at radius 2 is 1.89 bits per heavy atom. The second-order valence-corrected chi connectivity index (χ2v) is 8.11. The number of hydrogen-bond acceptors (Lipinski definition) is 4. The number of aromatic nitrogens is 2. The molecule has 2 heterocycles. The number of carbonyl (C=O) groups excluding carboxylic acids is 2. The molecule has 2 aromatic rings. The van der Waals surface area contributed by atoms with Crippen LogP contribution in [0.2, 0.25) is 0 Å². The van der Waals surface area contributed by atoms with E-state index in [1.54, 1.807) is 6.20 Å². The lowest BCUT2D eigenvalue weighted by atomic mass is 9.96. The molecule has 1 fully saturated rings. The van der Waals surface area contributed by atoms with E-state index in [9.17, 15) is 9.59 Å². The SMILES string of the molecule is CC(C)c1ccc(-n2ccnc2SCC(=O)N2CCC(C(N)=O)CC2)cc1. The van der Waals surface area contributed by atoms with Gasteiger partial charge in [-0.05, 0) is 36.5 Å². The van der Waals surface area contributed by atoms with Crippen LogP contribution in [0.15, 0.2) is 41.8 Å². The minimum Gasteiger partial charge on any atom is -0.369 e. The summed E-state index contributed by atoms with van der Waals surface area (Å²) in [5, 5.41) is 0.799. The highest BCUT2D eigenvalue weighted by atomic mass is 32.2. The van der Waals surface area contributed by atoms with E-state index in [0.29, 0.717) is 37.6 Å². The number of primary amides is 1. The molecule has 0 radical (unpaired) electrons. The number of amides is 2. The van der Waals surface area contributed by atoms with Crippen LogP contribution in [0, 0.1) is 5.92 Å². The monoisotopic (exact) mass is 386 g/mol. The lowest BCUT2D eigenvalue weighted by Gasteiger charge is -2.30. The van der Waals surface area contributed by atoms with Crippen molar-refractivity contribution in [3.63, 3.8) is 0 Å². The number of thioether (sulfide) groups is 1. The molecule has 0 aliphatic carbocycles. The summed E-state index contributed by atoms with van der Waals surface area (Å²) in [6.07, 6.45) is 4.97. The first-order valence-electron chi connectivity index (χ1n) is 9.29. The van der Waals surface area contributed by atoms with Crippen LogP contribution < -0.4 is 5.73 Å². The van der Waals surface area contributed by atoms with E-state index in [2.05, 4.69) is 43.1 Å². The first-order valence-corrected chi connectivity index (χ1v) is 10.3. The second-order valence-electron chi connectivity index (χ2n) is 7.17. The van der Waals surface area contributed by atoms with Gasteiger partial charge in [0.25, 0.3) is 0 Å². The predicted octanol–water partition coefficient (Wildman–Crippen LogP) is 2.81. The number of nitrogens with zero attached hydrogens (tertiary/aromatic N) is 3. The molecule has 6 nitrogen and oxygen atoms in total. The molecule has 0 unspecified atom stereocenters. The Balaban J connectivity index is 1.59. The van der Waals surface area contributed by atoms with Crippen LogP contribution >= 0.6 is 11.8 Å². The highest BCUT2D eigenvalue weighted by molar-refractivity contribution is 7.99. The van der Waals surface area contributed by atoms with Crippen LogP contribution in [0.4, 0.5) is 0 Å². The molecule has 2 N–H and O–H groups in total. The van der Waals surface area contributed by atoms with Gasteiger partial charge in [-0.3, -0.25) is 14.2 Å². The van der Waals surface area contributed by atoms with E-state index < -0.39 is 0 Å². The molecule has 1 aromatic carbocycles. The van der Waals surface area contributed by atoms with Crippen molar-refractivity contribution in [2.45, 2.75) is 37.8 Å². The summed E-state index contributed by atoms with van der Waals surface area (Å²) in [5.41, 5.74) is 7.68. The van der Waals surface area contributed by atoms with Crippen LogP contribution in [0.1, 0.15) is 38.2 Å². The minimum absolute atomic E-state index is 0.0765. The predicted molar refractivity (Wildman–Crippen MR) is 107 cm³/mol. The molecule has 1 aromatic heterocycles. The molecule has 7 heteroatoms. The number of imidazole rings is 1. The number of benzene rings is 1. The van der Waals surface area contributed by atoms with Crippen LogP contribution in [0.5, 0.6) is 0 Å². The zero-order valence-corrected chi connectivity index (χ0v) is 16.6. The van der Waals surface area contributed by atoms with Crippen molar-refractivity contribution in [3.8, 4) is 5.69 Å². The van der Waals surface area contributed by atoms with Crippen molar-refractivity contribution in [2.75, 3.05) is 18.8 Å². The van der Waals surface area contributed by atoms with Crippen molar-refractivity contribution >= 4 is 23.6 Å². The van der Waals surface area contributed by atoms with E-state index in [0.717, 1.165) is 10.8 Å². The Morgan fingerprint density at radius 1 is 1.22 bits per heavy atom. The molecular formula is C20H26N4O2S. The summed E-state index contributed by atoms with van der Waals surface area (Å²) in [5.74, 6) is 0.540. The van der Waals surface area contributed by atoms with Gasteiger partial charge >= 0.3 is 0 Å². The average Bonchev–Trinajstić information content (AvgIpc) is 3.14. The first-order chi connectivity index (χ1) is 13.0. The molecule has 1 aliphatic heterocycles. The first kappa shape index (κ1) is 19.5. The molecule has 144 valence electrons. The van der Waals surface area contributed by atoms with Gasteiger partial charge in [0, 0.05) is 37.1 Å². The van der Waals surface area contributed by atoms with Crippen LogP contribution in [0.3, 0.4) is 0 Å². The Kier molecular flexibility index (Phi) is 6.21. The maximum atomic E-state index is 12.5. The topological polar surface area (TPSA) is 81.2 Å². The highest BCUT2D eigenvalue weighted by Crippen LogP contribution is 2.24. The number of nitrogens with two attached hydrogens (primary N) is 1. The third kappa shape index (κ3) is 4.71. The van der Waals surface area contributed by atoms with E-state index in [1.807, 2.05) is 15.7 Å². The number of hydrogen-bond donors (Lipinski definition) is 1. The quantitative estimate of drug-likeness (QED) is 0.774. The third-order valence-electron chi connectivity index (χ3n) is 5.02. The molecule has 0 atom stereocenters. The van der Waals surface area contributed by atoms with Crippen molar-refractivity contribution in [2.24, 2.45) is 11.7 Å². The number of piperidine rings is 1. The van der Waals surface area contributed by atoms with Crippen LogP contribution in [-0.4, -0.2) is 45.1 Å². The van der Waals surface area contributed by atoms with Gasteiger partial charge in [0.15, 0.2) is 5.16 Å². The summed E-state index contributed by atoms with van der Waals surface area (Å²) in [6, 6.07) is 8.42. The standard InChI is InChI=1S/C20H26N4O2S/c1-14(2)15-3-5-17(6-4-15)24-12-9-22-20(24)27-13-18(25)23-10-7-16(8-11-23)19(21)26/h3-6,9,12,14,16H,7-8,10-11,13H2,1-2H3,(H2,21,26). The Labute approximate surface area is 164 Å². The number of rotatable bonds is 6. The molecule has 0 saturated carbocycles. The summed E-state index contributed by atoms with van der Waals surface area (Å²) < 4.78 is 2.00. The van der Waals surface area contributed by atoms with Gasteiger partial charge < -0.3 is 10.6 Å². The third-order valence-corrected chi connectivity index (χ3v) is 5.97. The zero-order valence-electron chi connectivity index (χ0n) is 15.8. The van der Waals surface area contributed by atoms with Crippen molar-refractivity contribution < 1.29 is 9.59 Å². The van der Waals surface area contributed by atoms with Crippen molar-refractivity contribution in [1.29, 1.82) is 0 Å². The van der Waals surface area contributed by atoms with Gasteiger partial charge in [-0.2, -0.15) is 0 Å². The van der Waals surface area contributed by atoms with E-state index in [1.165, 1.54) is 17.3 Å². The molecular weight excluding hydrogens is 360 g/mol. The Morgan fingerprint density at radius 3 is 2.48 bits per heavy atom. The highest BCUT2D eigenvalue weighted by Gasteiger charge is 2.26. The lowest BCUT2D eigenvalue weighted by molar-refractivity contribution is -0.132. The second kappa shape index (κ2) is 8.61. The fourth-order valence-corrected chi connectivity index (χ4v) is 4.12. The van der Waals surface area contributed by atoms with Gasteiger partial charge in [0.1, 0.15) is 0 Å². The van der Waals surface area contributed by atoms with Crippen molar-refractivity contribution in [3.05, 3.63) is 42.2 Å². The lowest BCUT2D eigenvalue weighted by Crippen LogP contribution is -2.42. The normalized spacial score (nSPS) is 15.3. The fraction of sp³-hybridized carbons (Fsp3) is 0.450. The van der Waals surface area contributed by atoms with Gasteiger partial charge in [0.05, 0.1) is 5.75 Å². The minimum atomic E-state index is -0.262. The Hall–Kier alpha value is -2.28. The van der Waals surface area contributed by atoms with Gasteiger partial charge in [-0.1, -0.05) is 37.7 Å². The summed E-state index contributed by atoms with van der Waals surface area (Å²) >= 11 is 1.44. The Bertz CT molecular complexity index is 793. The zero-order chi connectivity index (χ0) is 19.4. The molecule has 27 heavy (non-hydrogen) atoms. The fourth-order valence-electron chi connectivity index (χ4n) is 3.24. The average molecular weight is 387 g/mol. The van der Waals surface area contributed by atoms with Gasteiger partial charge in [-0.15, -0.1) is 0 Å². The van der Waals surface area contributed by atoms with Gasteiger partial charge in [-0.25, -0.2) is 4.98 Å². The smallest absolute Gasteiger partial charge is 0.233 e. The van der Waals surface area contributed by atoms with Gasteiger partial charge in [0.2, 0.25) is 11.8 Å². The summed E-state index contributed by atoms with van der Waals surface area (Å²) in [7, 11) is 0. The molecule has 0 spiro atoms. The molecule has 2 amide bonds. The number of carbonyl (C=O) groups is 2.